The van der Waals surface area contributed by atoms with E-state index in [4.69, 9.17) is 5.11 Å². The summed E-state index contributed by atoms with van der Waals surface area (Å²) in [4.78, 5) is 22.8. The molecule has 1 amide bonds. The van der Waals surface area contributed by atoms with E-state index in [1.165, 1.54) is 4.72 Å². The normalized spacial score (nSPS) is 13.0. The third kappa shape index (κ3) is 6.15. The van der Waals surface area contributed by atoms with Gasteiger partial charge in [-0.15, -0.1) is 0 Å². The van der Waals surface area contributed by atoms with Crippen molar-refractivity contribution in [3.05, 3.63) is 29.6 Å². The number of aliphatic hydroxyl groups excluding tert-OH is 1. The number of methoxy groups -OCH3 is 1. The maximum absolute atomic E-state index is 13.0. The number of carbonyl (C=O) groups is 2. The van der Waals surface area contributed by atoms with Crippen LogP contribution in [-0.2, 0) is 30.5 Å². The molecule has 1 aromatic carbocycles. The third-order valence-electron chi connectivity index (χ3n) is 2.88. The summed E-state index contributed by atoms with van der Waals surface area (Å²) in [6.45, 7) is -0.887. The van der Waals surface area contributed by atoms with Crippen molar-refractivity contribution in [2.75, 3.05) is 24.2 Å². The van der Waals surface area contributed by atoms with Crippen molar-refractivity contribution >= 4 is 27.6 Å². The number of esters is 1. The Morgan fingerprint density at radius 1 is 1.31 bits per heavy atom. The highest BCUT2D eigenvalue weighted by Gasteiger charge is 2.35. The van der Waals surface area contributed by atoms with Crippen LogP contribution in [0.4, 0.5) is 23.2 Å². The van der Waals surface area contributed by atoms with Gasteiger partial charge in [0.15, 0.2) is 6.04 Å². The van der Waals surface area contributed by atoms with Gasteiger partial charge < -0.3 is 15.2 Å². The summed E-state index contributed by atoms with van der Waals surface area (Å²) in [6.07, 6.45) is -5.05. The summed E-state index contributed by atoms with van der Waals surface area (Å²) >= 11 is 0. The van der Waals surface area contributed by atoms with Gasteiger partial charge in [0, 0.05) is 0 Å². The predicted molar refractivity (Wildman–Crippen MR) is 79.8 cm³/mol. The lowest BCUT2D eigenvalue weighted by Crippen LogP contribution is -2.46. The molecule has 26 heavy (non-hydrogen) atoms. The summed E-state index contributed by atoms with van der Waals surface area (Å²) in [6, 6.07) is -0.291. The zero-order chi connectivity index (χ0) is 20.1. The number of nitrogens with one attached hydrogen (secondary N) is 2. The van der Waals surface area contributed by atoms with E-state index in [1.807, 2.05) is 5.32 Å². The molecule has 0 heterocycles. The van der Waals surface area contributed by atoms with Crippen molar-refractivity contribution < 1.29 is 45.4 Å². The van der Waals surface area contributed by atoms with Crippen molar-refractivity contribution in [2.45, 2.75) is 12.2 Å². The molecule has 0 fully saturated rings. The van der Waals surface area contributed by atoms with Crippen LogP contribution in [0.25, 0.3) is 0 Å². The molecule has 146 valence electrons. The standard InChI is InChI=1S/C13H14F4N2O6S/c1-25-12(22)10(5-20)18-11(21)6-26(23,24)19-9-3-2-7(14)4-8(9)13(15,16)17/h2-4,10,19-20H,5-6H2,1H3,(H,18,21). The molecule has 1 aromatic rings. The highest BCUT2D eigenvalue weighted by molar-refractivity contribution is 7.93. The minimum atomic E-state index is -5.05. The molecule has 0 spiro atoms. The molecule has 3 N–H and O–H groups in total. The number of hydrogen-bond acceptors (Lipinski definition) is 6. The van der Waals surface area contributed by atoms with Crippen LogP contribution in [0.2, 0.25) is 0 Å². The summed E-state index contributed by atoms with van der Waals surface area (Å²) in [5.41, 5.74) is -2.55. The summed E-state index contributed by atoms with van der Waals surface area (Å²) in [7, 11) is -3.67. The number of halogens is 4. The van der Waals surface area contributed by atoms with Gasteiger partial charge in [0.05, 0.1) is 25.0 Å². The Hall–Kier alpha value is -2.41. The van der Waals surface area contributed by atoms with Crippen molar-refractivity contribution in [1.29, 1.82) is 0 Å². The number of carbonyl (C=O) groups excluding carboxylic acids is 2. The number of benzene rings is 1. The van der Waals surface area contributed by atoms with E-state index in [-0.39, 0.29) is 6.07 Å². The molecule has 0 aliphatic carbocycles. The molecule has 1 atom stereocenters. The third-order valence-corrected chi connectivity index (χ3v) is 4.05. The first-order chi connectivity index (χ1) is 11.9. The van der Waals surface area contributed by atoms with Crippen LogP contribution in [0.15, 0.2) is 18.2 Å². The van der Waals surface area contributed by atoms with Crippen LogP contribution in [-0.4, -0.2) is 50.9 Å². The van der Waals surface area contributed by atoms with Gasteiger partial charge >= 0.3 is 12.1 Å². The largest absolute Gasteiger partial charge is 0.467 e. The second-order valence-corrected chi connectivity index (χ2v) is 6.60. The number of sulfonamides is 1. The van der Waals surface area contributed by atoms with Crippen LogP contribution in [0, 0.1) is 5.82 Å². The fourth-order valence-corrected chi connectivity index (χ4v) is 2.79. The van der Waals surface area contributed by atoms with Crippen LogP contribution in [0.1, 0.15) is 5.56 Å². The number of hydrogen-bond donors (Lipinski definition) is 3. The van der Waals surface area contributed by atoms with Gasteiger partial charge in [-0.25, -0.2) is 17.6 Å². The molecule has 0 saturated heterocycles. The molecule has 0 aliphatic heterocycles. The maximum Gasteiger partial charge on any atom is 0.418 e. The molecule has 8 nitrogen and oxygen atoms in total. The predicted octanol–water partition coefficient (Wildman–Crippen LogP) is 0.236. The number of amides is 1. The molecule has 0 aliphatic rings. The average Bonchev–Trinajstić information content (AvgIpc) is 2.51. The Balaban J connectivity index is 2.94. The Kier molecular flexibility index (Phi) is 6.92. The quantitative estimate of drug-likeness (QED) is 0.444. The fraction of sp³-hybridized carbons (Fsp3) is 0.385. The molecule has 13 heteroatoms. The van der Waals surface area contributed by atoms with Gasteiger partial charge in [0.1, 0.15) is 11.6 Å². The minimum absolute atomic E-state index is 0.0942. The highest BCUT2D eigenvalue weighted by Crippen LogP contribution is 2.35. The SMILES string of the molecule is COC(=O)C(CO)NC(=O)CS(=O)(=O)Nc1ccc(F)cc1C(F)(F)F. The molecule has 0 bridgehead atoms. The van der Waals surface area contributed by atoms with Crippen molar-refractivity contribution in [3.63, 3.8) is 0 Å². The maximum atomic E-state index is 13.0. The first-order valence-electron chi connectivity index (χ1n) is 6.75. The summed E-state index contributed by atoms with van der Waals surface area (Å²) in [5.74, 6) is -4.92. The number of anilines is 1. The first-order valence-corrected chi connectivity index (χ1v) is 8.40. The van der Waals surface area contributed by atoms with Crippen LogP contribution < -0.4 is 10.0 Å². The lowest BCUT2D eigenvalue weighted by Gasteiger charge is -2.16. The Morgan fingerprint density at radius 3 is 2.42 bits per heavy atom. The number of ether oxygens (including phenoxy) is 1. The zero-order valence-electron chi connectivity index (χ0n) is 13.1. The van der Waals surface area contributed by atoms with Gasteiger partial charge in [-0.2, -0.15) is 13.2 Å². The second kappa shape index (κ2) is 8.31. The van der Waals surface area contributed by atoms with E-state index in [1.54, 1.807) is 0 Å². The summed E-state index contributed by atoms with van der Waals surface area (Å²) in [5, 5.41) is 10.8. The van der Waals surface area contributed by atoms with E-state index >= 15 is 0 Å². The molecular formula is C13H14F4N2O6S. The number of aliphatic hydroxyl groups is 1. The number of rotatable bonds is 7. The van der Waals surface area contributed by atoms with Crippen molar-refractivity contribution in [2.24, 2.45) is 0 Å². The Bertz CT molecular complexity index is 781. The monoisotopic (exact) mass is 402 g/mol. The molecule has 0 aromatic heterocycles. The first kappa shape index (κ1) is 21.6. The lowest BCUT2D eigenvalue weighted by atomic mass is 10.2. The molecule has 0 saturated carbocycles. The van der Waals surface area contributed by atoms with E-state index < -0.39 is 63.5 Å². The lowest BCUT2D eigenvalue weighted by molar-refractivity contribution is -0.146. The van der Waals surface area contributed by atoms with Crippen molar-refractivity contribution in [1.82, 2.24) is 5.32 Å². The molecular weight excluding hydrogens is 388 g/mol. The van der Waals surface area contributed by atoms with Gasteiger partial charge in [-0.05, 0) is 18.2 Å². The van der Waals surface area contributed by atoms with Gasteiger partial charge in [-0.3, -0.25) is 9.52 Å². The van der Waals surface area contributed by atoms with E-state index in [0.717, 1.165) is 7.11 Å². The van der Waals surface area contributed by atoms with Gasteiger partial charge in [0.2, 0.25) is 15.9 Å². The van der Waals surface area contributed by atoms with E-state index in [0.29, 0.717) is 12.1 Å². The van der Waals surface area contributed by atoms with Crippen LogP contribution in [0.5, 0.6) is 0 Å². The average molecular weight is 402 g/mol. The Labute approximate surface area is 145 Å². The zero-order valence-corrected chi connectivity index (χ0v) is 13.9. The second-order valence-electron chi connectivity index (χ2n) is 4.87. The highest BCUT2D eigenvalue weighted by atomic mass is 32.2. The molecule has 0 radical (unpaired) electrons. The van der Waals surface area contributed by atoms with Crippen LogP contribution in [0.3, 0.4) is 0 Å². The van der Waals surface area contributed by atoms with E-state index in [9.17, 15) is 35.6 Å². The van der Waals surface area contributed by atoms with Gasteiger partial charge in [-0.1, -0.05) is 0 Å². The fourth-order valence-electron chi connectivity index (χ4n) is 1.77. The molecule has 1 rings (SSSR count). The summed E-state index contributed by atoms with van der Waals surface area (Å²) < 4.78 is 81.1. The smallest absolute Gasteiger partial charge is 0.418 e. The minimum Gasteiger partial charge on any atom is -0.467 e. The topological polar surface area (TPSA) is 122 Å². The molecule has 1 unspecified atom stereocenters. The number of alkyl halides is 3. The van der Waals surface area contributed by atoms with Crippen molar-refractivity contribution in [3.8, 4) is 0 Å². The van der Waals surface area contributed by atoms with Gasteiger partial charge in [0.25, 0.3) is 0 Å². The van der Waals surface area contributed by atoms with E-state index in [2.05, 4.69) is 4.74 Å². The Morgan fingerprint density at radius 2 is 1.92 bits per heavy atom. The van der Waals surface area contributed by atoms with Crippen LogP contribution >= 0.6 is 0 Å².